The number of benzene rings is 2. The summed E-state index contributed by atoms with van der Waals surface area (Å²) in [5.41, 5.74) is 6.91. The normalized spacial score (nSPS) is 11.4. The van der Waals surface area contributed by atoms with Gasteiger partial charge in [0, 0.05) is 13.0 Å². The summed E-state index contributed by atoms with van der Waals surface area (Å²) in [5, 5.41) is 6.06. The van der Waals surface area contributed by atoms with Gasteiger partial charge in [-0.05, 0) is 67.1 Å². The summed E-state index contributed by atoms with van der Waals surface area (Å²) >= 11 is 0. The molecule has 0 unspecified atom stereocenters. The molecule has 0 saturated carbocycles. The molecular formula is C21H27ClN2O. The van der Waals surface area contributed by atoms with Crippen molar-refractivity contribution in [1.29, 1.82) is 0 Å². The molecule has 0 bridgehead atoms. The van der Waals surface area contributed by atoms with Crippen molar-refractivity contribution in [3.05, 3.63) is 59.2 Å². The molecule has 1 aliphatic rings. The smallest absolute Gasteiger partial charge is 0.220 e. The highest BCUT2D eigenvalue weighted by Gasteiger charge is 2.17. The molecule has 0 spiro atoms. The minimum Gasteiger partial charge on any atom is -0.356 e. The monoisotopic (exact) mass is 358 g/mol. The molecule has 4 heteroatoms. The third kappa shape index (κ3) is 5.07. The highest BCUT2D eigenvalue weighted by atomic mass is 35.5. The Morgan fingerprint density at radius 3 is 2.64 bits per heavy atom. The van der Waals surface area contributed by atoms with Crippen LogP contribution in [0.25, 0.3) is 11.1 Å². The van der Waals surface area contributed by atoms with E-state index >= 15 is 0 Å². The van der Waals surface area contributed by atoms with Gasteiger partial charge in [-0.2, -0.15) is 0 Å². The first-order valence-corrected chi connectivity index (χ1v) is 8.89. The number of halogens is 1. The molecular weight excluding hydrogens is 332 g/mol. The predicted octanol–water partition coefficient (Wildman–Crippen LogP) is 3.73. The zero-order valence-electron chi connectivity index (χ0n) is 14.8. The Morgan fingerprint density at radius 1 is 1.00 bits per heavy atom. The van der Waals surface area contributed by atoms with Crippen LogP contribution in [0.15, 0.2) is 42.5 Å². The van der Waals surface area contributed by atoms with Gasteiger partial charge in [0.15, 0.2) is 0 Å². The van der Waals surface area contributed by atoms with E-state index < -0.39 is 0 Å². The maximum absolute atomic E-state index is 11.8. The lowest BCUT2D eigenvalue weighted by Gasteiger charge is -2.07. The first kappa shape index (κ1) is 19.5. The van der Waals surface area contributed by atoms with Crippen LogP contribution in [0.2, 0.25) is 0 Å². The Bertz CT molecular complexity index is 715. The molecule has 2 aromatic rings. The van der Waals surface area contributed by atoms with Crippen molar-refractivity contribution in [2.45, 2.75) is 32.1 Å². The molecule has 0 fully saturated rings. The Labute approximate surface area is 156 Å². The van der Waals surface area contributed by atoms with E-state index in [2.05, 4.69) is 53.1 Å². The van der Waals surface area contributed by atoms with Crippen LogP contribution in [-0.2, 0) is 17.6 Å². The first-order valence-electron chi connectivity index (χ1n) is 8.89. The average Bonchev–Trinajstić information content (AvgIpc) is 2.97. The molecule has 0 aliphatic heterocycles. The van der Waals surface area contributed by atoms with E-state index in [4.69, 9.17) is 0 Å². The van der Waals surface area contributed by atoms with E-state index in [1.165, 1.54) is 27.8 Å². The van der Waals surface area contributed by atoms with Crippen molar-refractivity contribution in [3.8, 4) is 11.1 Å². The molecule has 2 aromatic carbocycles. The van der Waals surface area contributed by atoms with Crippen molar-refractivity contribution in [2.75, 3.05) is 20.1 Å². The van der Waals surface area contributed by atoms with Gasteiger partial charge in [0.25, 0.3) is 0 Å². The lowest BCUT2D eigenvalue weighted by molar-refractivity contribution is -0.121. The SMILES string of the molecule is CNCCCNC(=O)CCCc1ccc2c(c1)-c1ccccc1C2.Cl. The molecule has 1 amide bonds. The van der Waals surface area contributed by atoms with E-state index in [-0.39, 0.29) is 18.3 Å². The molecule has 0 aromatic heterocycles. The molecule has 134 valence electrons. The third-order valence-electron chi connectivity index (χ3n) is 4.66. The Morgan fingerprint density at radius 2 is 1.80 bits per heavy atom. The van der Waals surface area contributed by atoms with E-state index in [0.29, 0.717) is 6.42 Å². The fourth-order valence-corrected chi connectivity index (χ4v) is 3.36. The molecule has 3 rings (SSSR count). The van der Waals surface area contributed by atoms with Crippen LogP contribution in [0.3, 0.4) is 0 Å². The van der Waals surface area contributed by atoms with Crippen molar-refractivity contribution in [3.63, 3.8) is 0 Å². The van der Waals surface area contributed by atoms with Crippen LogP contribution in [0.1, 0.15) is 36.0 Å². The second kappa shape index (κ2) is 9.59. The Kier molecular flexibility index (Phi) is 7.48. The molecule has 3 nitrogen and oxygen atoms in total. The van der Waals surface area contributed by atoms with Gasteiger partial charge in [-0.1, -0.05) is 42.5 Å². The van der Waals surface area contributed by atoms with Crippen molar-refractivity contribution < 1.29 is 4.79 Å². The standard InChI is InChI=1S/C21H26N2O.ClH/c1-22-12-5-13-23-21(24)9-4-6-16-10-11-18-15-17-7-2-3-8-19(17)20(18)14-16;/h2-3,7-8,10-11,14,22H,4-6,9,12-13,15H2,1H3,(H,23,24);1H. The second-order valence-electron chi connectivity index (χ2n) is 6.49. The number of aryl methyl sites for hydroxylation is 1. The highest BCUT2D eigenvalue weighted by molar-refractivity contribution is 5.85. The van der Waals surface area contributed by atoms with E-state index in [0.717, 1.165) is 38.8 Å². The summed E-state index contributed by atoms with van der Waals surface area (Å²) in [7, 11) is 1.93. The fourth-order valence-electron chi connectivity index (χ4n) is 3.36. The largest absolute Gasteiger partial charge is 0.356 e. The van der Waals surface area contributed by atoms with Gasteiger partial charge < -0.3 is 10.6 Å². The van der Waals surface area contributed by atoms with Gasteiger partial charge in [0.1, 0.15) is 0 Å². The van der Waals surface area contributed by atoms with Crippen molar-refractivity contribution in [1.82, 2.24) is 10.6 Å². The molecule has 0 atom stereocenters. The van der Waals surface area contributed by atoms with E-state index in [1.54, 1.807) is 0 Å². The van der Waals surface area contributed by atoms with Crippen LogP contribution in [-0.4, -0.2) is 26.0 Å². The lowest BCUT2D eigenvalue weighted by atomic mass is 10.00. The van der Waals surface area contributed by atoms with Crippen molar-refractivity contribution in [2.24, 2.45) is 0 Å². The summed E-state index contributed by atoms with van der Waals surface area (Å²) in [6.07, 6.45) is 4.48. The summed E-state index contributed by atoms with van der Waals surface area (Å²) in [5.74, 6) is 0.164. The zero-order chi connectivity index (χ0) is 16.8. The number of carbonyl (C=O) groups excluding carboxylic acids is 1. The van der Waals surface area contributed by atoms with Crippen LogP contribution in [0.4, 0.5) is 0 Å². The van der Waals surface area contributed by atoms with Crippen LogP contribution < -0.4 is 10.6 Å². The van der Waals surface area contributed by atoms with Gasteiger partial charge in [-0.15, -0.1) is 12.4 Å². The number of fused-ring (bicyclic) bond motifs is 3. The molecule has 0 radical (unpaired) electrons. The van der Waals surface area contributed by atoms with Crippen molar-refractivity contribution >= 4 is 18.3 Å². The lowest BCUT2D eigenvalue weighted by Crippen LogP contribution is -2.26. The quantitative estimate of drug-likeness (QED) is 0.602. The predicted molar refractivity (Wildman–Crippen MR) is 106 cm³/mol. The highest BCUT2D eigenvalue weighted by Crippen LogP contribution is 2.36. The maximum atomic E-state index is 11.8. The number of amides is 1. The van der Waals surface area contributed by atoms with Gasteiger partial charge >= 0.3 is 0 Å². The van der Waals surface area contributed by atoms with Gasteiger partial charge in [-0.25, -0.2) is 0 Å². The van der Waals surface area contributed by atoms with Crippen LogP contribution in [0.5, 0.6) is 0 Å². The third-order valence-corrected chi connectivity index (χ3v) is 4.66. The van der Waals surface area contributed by atoms with Crippen LogP contribution >= 0.6 is 12.4 Å². The molecule has 25 heavy (non-hydrogen) atoms. The van der Waals surface area contributed by atoms with E-state index in [1.807, 2.05) is 7.05 Å². The van der Waals surface area contributed by atoms with E-state index in [9.17, 15) is 4.79 Å². The summed E-state index contributed by atoms with van der Waals surface area (Å²) < 4.78 is 0. The number of nitrogens with one attached hydrogen (secondary N) is 2. The molecule has 0 saturated heterocycles. The summed E-state index contributed by atoms with van der Waals surface area (Å²) in [6, 6.07) is 15.4. The zero-order valence-corrected chi connectivity index (χ0v) is 15.6. The fraction of sp³-hybridized carbons (Fsp3) is 0.381. The minimum atomic E-state index is 0. The first-order chi connectivity index (χ1) is 11.8. The Hall–Kier alpha value is -1.84. The summed E-state index contributed by atoms with van der Waals surface area (Å²) in [6.45, 7) is 1.70. The second-order valence-corrected chi connectivity index (χ2v) is 6.49. The minimum absolute atomic E-state index is 0. The molecule has 2 N–H and O–H groups in total. The summed E-state index contributed by atoms with van der Waals surface area (Å²) in [4.78, 5) is 11.8. The molecule has 0 heterocycles. The van der Waals surface area contributed by atoms with Gasteiger partial charge in [0.2, 0.25) is 5.91 Å². The average molecular weight is 359 g/mol. The topological polar surface area (TPSA) is 41.1 Å². The van der Waals surface area contributed by atoms with Crippen LogP contribution in [0, 0.1) is 0 Å². The maximum Gasteiger partial charge on any atom is 0.220 e. The number of hydrogen-bond acceptors (Lipinski definition) is 2. The number of carbonyl (C=O) groups is 1. The van der Waals surface area contributed by atoms with Gasteiger partial charge in [0.05, 0.1) is 0 Å². The number of hydrogen-bond donors (Lipinski definition) is 2. The Balaban J connectivity index is 0.00000225. The number of rotatable bonds is 8. The molecule has 1 aliphatic carbocycles. The van der Waals surface area contributed by atoms with Gasteiger partial charge in [-0.3, -0.25) is 4.79 Å².